The number of halogens is 2. The number of ether oxygens (including phenoxy) is 3. The fourth-order valence-corrected chi connectivity index (χ4v) is 2.64. The Morgan fingerprint density at radius 3 is 2.46 bits per heavy atom. The van der Waals surface area contributed by atoms with Crippen LogP contribution in [0.25, 0.3) is 0 Å². The first-order chi connectivity index (χ1) is 11.4. The lowest BCUT2D eigenvalue weighted by Gasteiger charge is -2.32. The third kappa shape index (κ3) is 4.14. The molecule has 2 unspecified atom stereocenters. The molecule has 130 valence electrons. The number of allylic oxidation sites excluding steroid dienone is 1. The van der Waals surface area contributed by atoms with Crippen LogP contribution in [0.5, 0.6) is 0 Å². The highest BCUT2D eigenvalue weighted by atomic mass is 79.9. The van der Waals surface area contributed by atoms with E-state index in [2.05, 4.69) is 15.9 Å². The minimum Gasteiger partial charge on any atom is -0.461 e. The molecule has 7 heteroatoms. The van der Waals surface area contributed by atoms with E-state index in [0.717, 1.165) is 10.0 Å². The van der Waals surface area contributed by atoms with E-state index in [4.69, 9.17) is 14.2 Å². The van der Waals surface area contributed by atoms with Gasteiger partial charge in [0.05, 0.1) is 13.2 Å². The summed E-state index contributed by atoms with van der Waals surface area (Å²) in [6.07, 6.45) is 1.19. The van der Waals surface area contributed by atoms with Gasteiger partial charge in [0.1, 0.15) is 0 Å². The molecule has 1 aliphatic heterocycles. The van der Waals surface area contributed by atoms with Gasteiger partial charge in [0, 0.05) is 16.8 Å². The number of alkyl halides is 1. The van der Waals surface area contributed by atoms with Gasteiger partial charge in [-0.3, -0.25) is 0 Å². The van der Waals surface area contributed by atoms with Gasteiger partial charge in [-0.2, -0.15) is 4.39 Å². The molecular weight excluding hydrogens is 383 g/mol. The summed E-state index contributed by atoms with van der Waals surface area (Å²) in [7, 11) is 0. The van der Waals surface area contributed by atoms with Crippen LogP contribution in [0, 0.1) is 0 Å². The Bertz CT molecular complexity index is 643. The first kappa shape index (κ1) is 18.4. The number of rotatable bonds is 5. The van der Waals surface area contributed by atoms with Crippen molar-refractivity contribution in [3.05, 3.63) is 46.1 Å². The van der Waals surface area contributed by atoms with Crippen molar-refractivity contribution in [3.8, 4) is 0 Å². The molecule has 0 spiro atoms. The molecule has 0 radical (unpaired) electrons. The van der Waals surface area contributed by atoms with Gasteiger partial charge in [0.15, 0.2) is 0 Å². The zero-order chi connectivity index (χ0) is 17.7. The molecule has 0 saturated heterocycles. The summed E-state index contributed by atoms with van der Waals surface area (Å²) in [6.45, 7) is 3.32. The fourth-order valence-electron chi connectivity index (χ4n) is 2.37. The summed E-state index contributed by atoms with van der Waals surface area (Å²) in [5, 5.41) is 0. The molecule has 2 rings (SSSR count). The lowest BCUT2D eigenvalue weighted by molar-refractivity contribution is -0.199. The van der Waals surface area contributed by atoms with Crippen LogP contribution in [0.1, 0.15) is 31.7 Å². The third-order valence-electron chi connectivity index (χ3n) is 3.46. The van der Waals surface area contributed by atoms with Gasteiger partial charge in [0.2, 0.25) is 5.76 Å². The number of esters is 2. The Morgan fingerprint density at radius 2 is 1.88 bits per heavy atom. The molecule has 5 nitrogen and oxygen atoms in total. The third-order valence-corrected chi connectivity index (χ3v) is 3.99. The predicted octanol–water partition coefficient (Wildman–Crippen LogP) is 3.63. The van der Waals surface area contributed by atoms with Gasteiger partial charge >= 0.3 is 17.8 Å². The van der Waals surface area contributed by atoms with Crippen LogP contribution in [-0.4, -0.2) is 31.0 Å². The maximum absolute atomic E-state index is 15.1. The van der Waals surface area contributed by atoms with E-state index in [1.807, 2.05) is 0 Å². The van der Waals surface area contributed by atoms with Crippen molar-refractivity contribution in [2.75, 3.05) is 13.2 Å². The van der Waals surface area contributed by atoms with Crippen LogP contribution in [0.4, 0.5) is 4.39 Å². The zero-order valence-electron chi connectivity index (χ0n) is 13.4. The van der Waals surface area contributed by atoms with Gasteiger partial charge in [-0.25, -0.2) is 9.59 Å². The molecule has 2 atom stereocenters. The van der Waals surface area contributed by atoms with Gasteiger partial charge in [0.25, 0.3) is 0 Å². The van der Waals surface area contributed by atoms with Crippen LogP contribution in [0.15, 0.2) is 40.6 Å². The van der Waals surface area contributed by atoms with Crippen LogP contribution in [0.2, 0.25) is 0 Å². The van der Waals surface area contributed by atoms with Crippen molar-refractivity contribution in [2.45, 2.75) is 32.0 Å². The van der Waals surface area contributed by atoms with Gasteiger partial charge in [-0.15, -0.1) is 0 Å². The number of benzene rings is 1. The minimum absolute atomic E-state index is 0.00919. The van der Waals surface area contributed by atoms with Crippen LogP contribution >= 0.6 is 15.9 Å². The van der Waals surface area contributed by atoms with Gasteiger partial charge < -0.3 is 14.2 Å². The summed E-state index contributed by atoms with van der Waals surface area (Å²) in [6, 6.07) is 7.16. The van der Waals surface area contributed by atoms with Crippen molar-refractivity contribution < 1.29 is 28.2 Å². The van der Waals surface area contributed by atoms with E-state index >= 15 is 4.39 Å². The molecule has 0 bridgehead atoms. The predicted molar refractivity (Wildman–Crippen MR) is 87.8 cm³/mol. The van der Waals surface area contributed by atoms with E-state index in [-0.39, 0.29) is 25.4 Å². The van der Waals surface area contributed by atoms with Gasteiger partial charge in [-0.05, 0) is 37.6 Å². The quantitative estimate of drug-likeness (QED) is 0.706. The summed E-state index contributed by atoms with van der Waals surface area (Å²) in [5.74, 6) is -5.55. The molecule has 0 aliphatic carbocycles. The first-order valence-electron chi connectivity index (χ1n) is 7.59. The van der Waals surface area contributed by atoms with Gasteiger partial charge in [-0.1, -0.05) is 28.1 Å². The lowest BCUT2D eigenvalue weighted by atomic mass is 9.89. The smallest absolute Gasteiger partial charge is 0.384 e. The molecule has 1 aromatic rings. The first-order valence-corrected chi connectivity index (χ1v) is 8.38. The Hall–Kier alpha value is -1.89. The van der Waals surface area contributed by atoms with E-state index in [0.29, 0.717) is 0 Å². The summed E-state index contributed by atoms with van der Waals surface area (Å²) in [5.41, 5.74) is 0.745. The molecule has 24 heavy (non-hydrogen) atoms. The average Bonchev–Trinajstić information content (AvgIpc) is 2.55. The highest BCUT2D eigenvalue weighted by Gasteiger charge is 2.49. The second-order valence-electron chi connectivity index (χ2n) is 5.16. The molecule has 0 fully saturated rings. The van der Waals surface area contributed by atoms with Crippen LogP contribution < -0.4 is 0 Å². The normalized spacial score (nSPS) is 23.0. The highest BCUT2D eigenvalue weighted by Crippen LogP contribution is 2.39. The summed E-state index contributed by atoms with van der Waals surface area (Å²) in [4.78, 5) is 23.9. The SMILES string of the molecule is CCOC(=O)C1=CC(c2ccc(Br)cc2)CC(F)(C(=O)OCC)O1. The Labute approximate surface area is 147 Å². The molecule has 0 N–H and O–H groups in total. The van der Waals surface area contributed by atoms with E-state index in [1.54, 1.807) is 38.1 Å². The second kappa shape index (κ2) is 7.79. The summed E-state index contributed by atoms with van der Waals surface area (Å²) < 4.78 is 30.6. The van der Waals surface area contributed by atoms with Crippen molar-refractivity contribution in [2.24, 2.45) is 0 Å². The number of hydrogen-bond donors (Lipinski definition) is 0. The Kier molecular flexibility index (Phi) is 5.99. The van der Waals surface area contributed by atoms with E-state index in [1.165, 1.54) is 6.08 Å². The molecule has 1 heterocycles. The van der Waals surface area contributed by atoms with Crippen molar-refractivity contribution in [1.82, 2.24) is 0 Å². The molecule has 1 aliphatic rings. The van der Waals surface area contributed by atoms with E-state index < -0.39 is 23.7 Å². The van der Waals surface area contributed by atoms with Crippen molar-refractivity contribution >= 4 is 27.9 Å². The van der Waals surface area contributed by atoms with Crippen LogP contribution in [-0.2, 0) is 23.8 Å². The standard InChI is InChI=1S/C17H18BrFO5/c1-3-22-15(20)14-9-12(11-5-7-13(18)8-6-11)10-17(19,24-14)16(21)23-4-2/h5-9,12H,3-4,10H2,1-2H3. The second-order valence-corrected chi connectivity index (χ2v) is 6.08. The summed E-state index contributed by atoms with van der Waals surface area (Å²) >= 11 is 3.33. The Morgan fingerprint density at radius 1 is 1.25 bits per heavy atom. The van der Waals surface area contributed by atoms with Crippen molar-refractivity contribution in [1.29, 1.82) is 0 Å². The van der Waals surface area contributed by atoms with Crippen LogP contribution in [0.3, 0.4) is 0 Å². The minimum atomic E-state index is -2.73. The molecular formula is C17H18BrFO5. The van der Waals surface area contributed by atoms with Crippen molar-refractivity contribution in [3.63, 3.8) is 0 Å². The monoisotopic (exact) mass is 400 g/mol. The van der Waals surface area contributed by atoms with E-state index in [9.17, 15) is 9.59 Å². The molecule has 0 saturated carbocycles. The zero-order valence-corrected chi connectivity index (χ0v) is 15.0. The topological polar surface area (TPSA) is 61.8 Å². The number of hydrogen-bond acceptors (Lipinski definition) is 5. The Balaban J connectivity index is 2.37. The molecule has 0 aromatic heterocycles. The molecule has 0 amide bonds. The lowest BCUT2D eigenvalue weighted by Crippen LogP contribution is -2.43. The largest absolute Gasteiger partial charge is 0.461 e. The number of carbonyl (C=O) groups excluding carboxylic acids is 2. The maximum Gasteiger partial charge on any atom is 0.384 e. The number of carbonyl (C=O) groups is 2. The average molecular weight is 401 g/mol. The fraction of sp³-hybridized carbons (Fsp3) is 0.412. The molecule has 1 aromatic carbocycles. The highest BCUT2D eigenvalue weighted by molar-refractivity contribution is 9.10. The maximum atomic E-state index is 15.1.